The molecular weight excluding hydrogens is 254 g/mol. The van der Waals surface area contributed by atoms with Gasteiger partial charge in [-0.05, 0) is 6.42 Å². The molecule has 2 N–H and O–H groups in total. The molecule has 8 nitrogen and oxygen atoms in total. The van der Waals surface area contributed by atoms with Gasteiger partial charge in [-0.3, -0.25) is 19.7 Å². The van der Waals surface area contributed by atoms with Crippen molar-refractivity contribution in [3.05, 3.63) is 28.1 Å². The molecule has 0 bridgehead atoms. The maximum absolute atomic E-state index is 11.9. The first-order chi connectivity index (χ1) is 8.85. The molecule has 1 aromatic rings. The fourth-order valence-electron chi connectivity index (χ4n) is 1.64. The van der Waals surface area contributed by atoms with Gasteiger partial charge >= 0.3 is 5.97 Å². The second-order valence-corrected chi connectivity index (χ2v) is 4.13. The van der Waals surface area contributed by atoms with Crippen molar-refractivity contribution in [2.75, 3.05) is 0 Å². The highest BCUT2D eigenvalue weighted by Crippen LogP contribution is 2.15. The smallest absolute Gasteiger partial charge is 0.305 e. The Morgan fingerprint density at radius 1 is 1.58 bits per heavy atom. The minimum atomic E-state index is -1.01. The molecule has 0 saturated heterocycles. The minimum Gasteiger partial charge on any atom is -0.481 e. The molecule has 8 heteroatoms. The maximum atomic E-state index is 11.9. The first-order valence-corrected chi connectivity index (χ1v) is 5.68. The fraction of sp³-hybridized carbons (Fsp3) is 0.455. The average molecular weight is 269 g/mol. The van der Waals surface area contributed by atoms with Crippen molar-refractivity contribution in [3.63, 3.8) is 0 Å². The van der Waals surface area contributed by atoms with Crippen molar-refractivity contribution in [2.24, 2.45) is 7.05 Å². The van der Waals surface area contributed by atoms with Crippen LogP contribution in [0.3, 0.4) is 0 Å². The summed E-state index contributed by atoms with van der Waals surface area (Å²) in [6.07, 6.45) is 1.51. The van der Waals surface area contributed by atoms with Crippen molar-refractivity contribution in [2.45, 2.75) is 25.8 Å². The Morgan fingerprint density at radius 2 is 2.21 bits per heavy atom. The molecule has 1 amide bonds. The van der Waals surface area contributed by atoms with Crippen molar-refractivity contribution in [3.8, 4) is 0 Å². The summed E-state index contributed by atoms with van der Waals surface area (Å²) >= 11 is 0. The Morgan fingerprint density at radius 3 is 2.63 bits per heavy atom. The van der Waals surface area contributed by atoms with E-state index in [0.29, 0.717) is 6.42 Å². The largest absolute Gasteiger partial charge is 0.481 e. The first kappa shape index (κ1) is 14.7. The number of aliphatic carboxylic acids is 1. The quantitative estimate of drug-likeness (QED) is 0.588. The average Bonchev–Trinajstić information content (AvgIpc) is 2.70. The molecule has 0 spiro atoms. The summed E-state index contributed by atoms with van der Waals surface area (Å²) in [4.78, 5) is 32.5. The summed E-state index contributed by atoms with van der Waals surface area (Å²) in [6, 6.07) is 0.655. The third kappa shape index (κ3) is 3.80. The Bertz CT molecular complexity index is 508. The zero-order chi connectivity index (χ0) is 14.6. The Balaban J connectivity index is 2.82. The zero-order valence-corrected chi connectivity index (χ0v) is 10.6. The highest BCUT2D eigenvalue weighted by molar-refractivity contribution is 5.94. The Hall–Kier alpha value is -2.38. The van der Waals surface area contributed by atoms with E-state index in [1.807, 2.05) is 0 Å². The lowest BCUT2D eigenvalue weighted by Crippen LogP contribution is -2.36. The first-order valence-electron chi connectivity index (χ1n) is 5.68. The molecule has 1 unspecified atom stereocenters. The summed E-state index contributed by atoms with van der Waals surface area (Å²) in [5.41, 5.74) is -0.0607. The van der Waals surface area contributed by atoms with E-state index in [9.17, 15) is 19.7 Å². The van der Waals surface area contributed by atoms with Gasteiger partial charge in [-0.2, -0.15) is 0 Å². The number of carbonyl (C=O) groups excluding carboxylic acids is 1. The summed E-state index contributed by atoms with van der Waals surface area (Å²) in [5, 5.41) is 21.8. The number of carboxylic acids is 1. The van der Waals surface area contributed by atoms with Gasteiger partial charge in [0.05, 0.1) is 17.5 Å². The van der Waals surface area contributed by atoms with Gasteiger partial charge in [-0.1, -0.05) is 6.92 Å². The van der Waals surface area contributed by atoms with Crippen LogP contribution in [0.25, 0.3) is 0 Å². The Kier molecular flexibility index (Phi) is 4.62. The van der Waals surface area contributed by atoms with Crippen molar-refractivity contribution < 1.29 is 19.6 Å². The van der Waals surface area contributed by atoms with Gasteiger partial charge < -0.3 is 15.0 Å². The lowest BCUT2D eigenvalue weighted by molar-refractivity contribution is -0.384. The number of aryl methyl sites for hydroxylation is 1. The molecular formula is C11H15N3O5. The van der Waals surface area contributed by atoms with Crippen LogP contribution in [0.5, 0.6) is 0 Å². The molecule has 0 aliphatic rings. The molecule has 0 aromatic carbocycles. The number of hydrogen-bond donors (Lipinski definition) is 2. The van der Waals surface area contributed by atoms with Crippen LogP contribution in [0.15, 0.2) is 12.3 Å². The van der Waals surface area contributed by atoms with E-state index in [1.54, 1.807) is 6.92 Å². The van der Waals surface area contributed by atoms with E-state index in [1.165, 1.54) is 17.8 Å². The summed E-state index contributed by atoms with van der Waals surface area (Å²) in [5.74, 6) is -1.53. The lowest BCUT2D eigenvalue weighted by Gasteiger charge is -2.14. The monoisotopic (exact) mass is 269 g/mol. The molecule has 1 aromatic heterocycles. The number of nitro groups is 1. The SMILES string of the molecule is CCC(CC(=O)O)NC(=O)c1cc([N+](=O)[O-])cn1C. The minimum absolute atomic E-state index is 0.121. The number of nitrogens with one attached hydrogen (secondary N) is 1. The van der Waals surface area contributed by atoms with Gasteiger partial charge in [0, 0.05) is 19.2 Å². The van der Waals surface area contributed by atoms with Crippen LogP contribution < -0.4 is 5.32 Å². The lowest BCUT2D eigenvalue weighted by atomic mass is 10.1. The number of nitrogens with zero attached hydrogens (tertiary/aromatic N) is 2. The highest BCUT2D eigenvalue weighted by Gasteiger charge is 2.20. The van der Waals surface area contributed by atoms with Gasteiger partial charge in [-0.15, -0.1) is 0 Å². The molecule has 0 saturated carbocycles. The molecule has 1 atom stereocenters. The van der Waals surface area contributed by atoms with Crippen LogP contribution in [0.1, 0.15) is 30.3 Å². The normalized spacial score (nSPS) is 11.9. The van der Waals surface area contributed by atoms with Crippen molar-refractivity contribution in [1.82, 2.24) is 9.88 Å². The van der Waals surface area contributed by atoms with E-state index in [0.717, 1.165) is 6.07 Å². The van der Waals surface area contributed by atoms with Crippen LogP contribution in [-0.4, -0.2) is 32.5 Å². The molecule has 19 heavy (non-hydrogen) atoms. The summed E-state index contributed by atoms with van der Waals surface area (Å²) in [6.45, 7) is 1.75. The highest BCUT2D eigenvalue weighted by atomic mass is 16.6. The van der Waals surface area contributed by atoms with E-state index in [-0.39, 0.29) is 17.8 Å². The summed E-state index contributed by atoms with van der Waals surface area (Å²) in [7, 11) is 1.51. The molecule has 0 radical (unpaired) electrons. The van der Waals surface area contributed by atoms with Crippen LogP contribution >= 0.6 is 0 Å². The van der Waals surface area contributed by atoms with E-state index in [4.69, 9.17) is 5.11 Å². The van der Waals surface area contributed by atoms with E-state index < -0.39 is 22.8 Å². The summed E-state index contributed by atoms with van der Waals surface area (Å²) < 4.78 is 1.33. The van der Waals surface area contributed by atoms with Crippen LogP contribution in [0.2, 0.25) is 0 Å². The van der Waals surface area contributed by atoms with Gasteiger partial charge in [0.1, 0.15) is 5.69 Å². The van der Waals surface area contributed by atoms with Crippen molar-refractivity contribution in [1.29, 1.82) is 0 Å². The van der Waals surface area contributed by atoms with E-state index in [2.05, 4.69) is 5.32 Å². The third-order valence-electron chi connectivity index (χ3n) is 2.68. The van der Waals surface area contributed by atoms with Gasteiger partial charge in [-0.25, -0.2) is 0 Å². The maximum Gasteiger partial charge on any atom is 0.305 e. The molecule has 1 heterocycles. The standard InChI is InChI=1S/C11H15N3O5/c1-3-7(4-10(15)16)12-11(17)9-5-8(14(18)19)6-13(9)2/h5-7H,3-4H2,1-2H3,(H,12,17)(H,15,16). The molecule has 0 aliphatic heterocycles. The number of rotatable bonds is 6. The van der Waals surface area contributed by atoms with Gasteiger partial charge in [0.15, 0.2) is 0 Å². The topological polar surface area (TPSA) is 114 Å². The van der Waals surface area contributed by atoms with Crippen molar-refractivity contribution >= 4 is 17.6 Å². The fourth-order valence-corrected chi connectivity index (χ4v) is 1.64. The van der Waals surface area contributed by atoms with Gasteiger partial charge in [0.2, 0.25) is 0 Å². The Labute approximate surface area is 109 Å². The third-order valence-corrected chi connectivity index (χ3v) is 2.68. The number of hydrogen-bond acceptors (Lipinski definition) is 4. The second kappa shape index (κ2) is 5.98. The van der Waals surface area contributed by atoms with Crippen LogP contribution in [0, 0.1) is 10.1 Å². The molecule has 0 aliphatic carbocycles. The zero-order valence-electron chi connectivity index (χ0n) is 10.6. The number of carbonyl (C=O) groups is 2. The number of aromatic nitrogens is 1. The number of carboxylic acid groups (broad SMARTS) is 1. The molecule has 0 fully saturated rings. The predicted molar refractivity (Wildman–Crippen MR) is 65.9 cm³/mol. The second-order valence-electron chi connectivity index (χ2n) is 4.13. The molecule has 1 rings (SSSR count). The number of amides is 1. The van der Waals surface area contributed by atoms with Crippen LogP contribution in [0.4, 0.5) is 5.69 Å². The molecule has 104 valence electrons. The van der Waals surface area contributed by atoms with Crippen LogP contribution in [-0.2, 0) is 11.8 Å². The predicted octanol–water partition coefficient (Wildman–Crippen LogP) is 0.916. The van der Waals surface area contributed by atoms with Gasteiger partial charge in [0.25, 0.3) is 11.6 Å². The van der Waals surface area contributed by atoms with E-state index >= 15 is 0 Å².